The molecule has 1 unspecified atom stereocenters. The van der Waals surface area contributed by atoms with E-state index in [1.807, 2.05) is 4.90 Å². The Bertz CT molecular complexity index is 401. The first-order valence-corrected chi connectivity index (χ1v) is 7.92. The molecule has 20 heavy (non-hydrogen) atoms. The van der Waals surface area contributed by atoms with Gasteiger partial charge in [-0.1, -0.05) is 5.92 Å². The quantitative estimate of drug-likeness (QED) is 0.784. The number of carboxylic acids is 1. The summed E-state index contributed by atoms with van der Waals surface area (Å²) in [5.41, 5.74) is 0.334. The number of hydrogen-bond acceptors (Lipinski definition) is 2. The van der Waals surface area contributed by atoms with Gasteiger partial charge in [0.1, 0.15) is 0 Å². The highest BCUT2D eigenvalue weighted by atomic mass is 16.4. The van der Waals surface area contributed by atoms with E-state index in [1.54, 1.807) is 0 Å². The summed E-state index contributed by atoms with van der Waals surface area (Å²) < 4.78 is 0. The summed E-state index contributed by atoms with van der Waals surface area (Å²) in [7, 11) is 0. The van der Waals surface area contributed by atoms with Crippen molar-refractivity contribution in [1.29, 1.82) is 0 Å². The van der Waals surface area contributed by atoms with Crippen molar-refractivity contribution in [2.75, 3.05) is 13.1 Å². The Labute approximate surface area is 121 Å². The number of rotatable bonds is 5. The Morgan fingerprint density at radius 1 is 1.30 bits per heavy atom. The molecule has 1 atom stereocenters. The molecular formula is C17H25NO2. The lowest BCUT2D eigenvalue weighted by Crippen LogP contribution is -2.56. The summed E-state index contributed by atoms with van der Waals surface area (Å²) in [5, 5.41) is 9.13. The normalized spacial score (nSPS) is 39.8. The van der Waals surface area contributed by atoms with Crippen LogP contribution in [0.1, 0.15) is 45.4 Å². The van der Waals surface area contributed by atoms with Gasteiger partial charge in [0.25, 0.3) is 0 Å². The number of terminal acetylenes is 1. The van der Waals surface area contributed by atoms with E-state index in [-0.39, 0.29) is 6.54 Å². The number of nitrogens with zero attached hydrogens (tertiary/aromatic N) is 1. The maximum absolute atomic E-state index is 11.1. The Morgan fingerprint density at radius 3 is 2.20 bits per heavy atom. The lowest BCUT2D eigenvalue weighted by molar-refractivity contribution is -0.142. The first-order valence-electron chi connectivity index (χ1n) is 7.92. The van der Waals surface area contributed by atoms with Gasteiger partial charge in [0.05, 0.1) is 13.1 Å². The summed E-state index contributed by atoms with van der Waals surface area (Å²) in [5.74, 6) is 4.55. The fourth-order valence-corrected chi connectivity index (χ4v) is 5.70. The number of carboxylic acid groups (broad SMARTS) is 1. The molecule has 0 aromatic rings. The molecule has 0 aromatic carbocycles. The molecule has 4 bridgehead atoms. The van der Waals surface area contributed by atoms with E-state index < -0.39 is 5.97 Å². The summed E-state index contributed by atoms with van der Waals surface area (Å²) in [6.07, 6.45) is 13.6. The average Bonchev–Trinajstić information content (AvgIpc) is 2.35. The van der Waals surface area contributed by atoms with Crippen molar-refractivity contribution in [2.45, 2.75) is 51.5 Å². The van der Waals surface area contributed by atoms with E-state index in [9.17, 15) is 4.79 Å². The van der Waals surface area contributed by atoms with Gasteiger partial charge >= 0.3 is 5.97 Å². The molecule has 0 saturated heterocycles. The van der Waals surface area contributed by atoms with Crippen molar-refractivity contribution in [2.24, 2.45) is 23.2 Å². The van der Waals surface area contributed by atoms with Crippen LogP contribution in [0.4, 0.5) is 0 Å². The molecule has 4 saturated carbocycles. The van der Waals surface area contributed by atoms with Crippen LogP contribution in [-0.4, -0.2) is 35.1 Å². The SMILES string of the molecule is C#CCN(CC(=O)O)C(C)C12CC3CC(CC(C3)C1)C2. The molecule has 3 nitrogen and oxygen atoms in total. The van der Waals surface area contributed by atoms with Crippen LogP contribution in [0.5, 0.6) is 0 Å². The first-order chi connectivity index (χ1) is 9.52. The molecule has 0 spiro atoms. The number of hydrogen-bond donors (Lipinski definition) is 1. The van der Waals surface area contributed by atoms with Gasteiger partial charge in [0, 0.05) is 6.04 Å². The van der Waals surface area contributed by atoms with Crippen molar-refractivity contribution >= 4 is 5.97 Å². The molecule has 0 aromatic heterocycles. The van der Waals surface area contributed by atoms with Crippen LogP contribution < -0.4 is 0 Å². The predicted molar refractivity (Wildman–Crippen MR) is 78.1 cm³/mol. The van der Waals surface area contributed by atoms with Gasteiger partial charge in [-0.25, -0.2) is 0 Å². The van der Waals surface area contributed by atoms with E-state index in [4.69, 9.17) is 11.5 Å². The maximum Gasteiger partial charge on any atom is 0.317 e. The molecule has 110 valence electrons. The van der Waals surface area contributed by atoms with E-state index in [0.29, 0.717) is 18.0 Å². The van der Waals surface area contributed by atoms with Crippen molar-refractivity contribution < 1.29 is 9.90 Å². The second-order valence-electron chi connectivity index (χ2n) is 7.46. The number of aliphatic carboxylic acids is 1. The molecule has 4 aliphatic carbocycles. The van der Waals surface area contributed by atoms with E-state index in [2.05, 4.69) is 12.8 Å². The average molecular weight is 275 g/mol. The third-order valence-corrected chi connectivity index (χ3v) is 6.15. The zero-order valence-corrected chi connectivity index (χ0v) is 12.3. The second-order valence-corrected chi connectivity index (χ2v) is 7.46. The second kappa shape index (κ2) is 5.07. The van der Waals surface area contributed by atoms with Crippen molar-refractivity contribution in [3.63, 3.8) is 0 Å². The van der Waals surface area contributed by atoms with E-state index in [1.165, 1.54) is 38.5 Å². The minimum absolute atomic E-state index is 0.0765. The highest BCUT2D eigenvalue weighted by Crippen LogP contribution is 2.61. The maximum atomic E-state index is 11.1. The summed E-state index contributed by atoms with van der Waals surface area (Å²) in [6, 6.07) is 0.294. The van der Waals surface area contributed by atoms with Crippen molar-refractivity contribution in [3.8, 4) is 12.3 Å². The molecule has 4 aliphatic rings. The van der Waals surface area contributed by atoms with Gasteiger partial charge in [-0.3, -0.25) is 9.69 Å². The highest BCUT2D eigenvalue weighted by molar-refractivity contribution is 5.69. The zero-order chi connectivity index (χ0) is 14.3. The summed E-state index contributed by atoms with van der Waals surface area (Å²) in [4.78, 5) is 13.1. The minimum Gasteiger partial charge on any atom is -0.480 e. The topological polar surface area (TPSA) is 40.5 Å². The van der Waals surface area contributed by atoms with E-state index in [0.717, 1.165) is 17.8 Å². The van der Waals surface area contributed by atoms with Crippen LogP contribution >= 0.6 is 0 Å². The Hall–Kier alpha value is -1.01. The highest BCUT2D eigenvalue weighted by Gasteiger charge is 2.54. The van der Waals surface area contributed by atoms with Crippen molar-refractivity contribution in [3.05, 3.63) is 0 Å². The number of carbonyl (C=O) groups is 1. The third-order valence-electron chi connectivity index (χ3n) is 6.15. The van der Waals surface area contributed by atoms with Crippen LogP contribution in [0.15, 0.2) is 0 Å². The molecule has 4 rings (SSSR count). The molecule has 4 fully saturated rings. The summed E-state index contributed by atoms with van der Waals surface area (Å²) in [6.45, 7) is 2.75. The van der Waals surface area contributed by atoms with Gasteiger partial charge in [-0.05, 0) is 68.6 Å². The fourth-order valence-electron chi connectivity index (χ4n) is 5.70. The predicted octanol–water partition coefficient (Wildman–Crippen LogP) is 2.61. The molecular weight excluding hydrogens is 250 g/mol. The molecule has 0 radical (unpaired) electrons. The Balaban J connectivity index is 1.79. The molecule has 0 aliphatic heterocycles. The minimum atomic E-state index is -0.767. The monoisotopic (exact) mass is 275 g/mol. The molecule has 0 amide bonds. The molecule has 1 N–H and O–H groups in total. The van der Waals surface area contributed by atoms with Crippen molar-refractivity contribution in [1.82, 2.24) is 4.90 Å². The van der Waals surface area contributed by atoms with Crippen LogP contribution in [0.25, 0.3) is 0 Å². The van der Waals surface area contributed by atoms with Gasteiger partial charge < -0.3 is 5.11 Å². The third kappa shape index (κ3) is 2.35. The molecule has 3 heteroatoms. The van der Waals surface area contributed by atoms with Gasteiger partial charge in [-0.15, -0.1) is 6.42 Å². The first kappa shape index (κ1) is 13.9. The smallest absolute Gasteiger partial charge is 0.317 e. The Morgan fingerprint density at radius 2 is 1.80 bits per heavy atom. The van der Waals surface area contributed by atoms with Crippen LogP contribution in [-0.2, 0) is 4.79 Å². The standard InChI is InChI=1S/C17H25NO2/c1-3-4-18(11-16(19)20)12(2)17-8-13-5-14(9-17)7-15(6-13)10-17/h1,12-15H,4-11H2,2H3,(H,19,20). The molecule has 0 heterocycles. The van der Waals surface area contributed by atoms with E-state index >= 15 is 0 Å². The largest absolute Gasteiger partial charge is 0.480 e. The van der Waals surface area contributed by atoms with Crippen LogP contribution in [0, 0.1) is 35.5 Å². The van der Waals surface area contributed by atoms with Gasteiger partial charge in [0.15, 0.2) is 0 Å². The summed E-state index contributed by atoms with van der Waals surface area (Å²) >= 11 is 0. The lowest BCUT2D eigenvalue weighted by Gasteiger charge is -2.60. The van der Waals surface area contributed by atoms with Crippen LogP contribution in [0.3, 0.4) is 0 Å². The van der Waals surface area contributed by atoms with Crippen LogP contribution in [0.2, 0.25) is 0 Å². The Kier molecular flexibility index (Phi) is 3.54. The zero-order valence-electron chi connectivity index (χ0n) is 12.3. The lowest BCUT2D eigenvalue weighted by atomic mass is 9.47. The van der Waals surface area contributed by atoms with Gasteiger partial charge in [0.2, 0.25) is 0 Å². The van der Waals surface area contributed by atoms with Gasteiger partial charge in [-0.2, -0.15) is 0 Å². The fraction of sp³-hybridized carbons (Fsp3) is 0.824.